The van der Waals surface area contributed by atoms with E-state index in [4.69, 9.17) is 4.42 Å². The molecule has 1 saturated heterocycles. The Morgan fingerprint density at radius 1 is 1.26 bits per heavy atom. The minimum absolute atomic E-state index is 0.545. The van der Waals surface area contributed by atoms with Gasteiger partial charge in [0.05, 0.1) is 0 Å². The van der Waals surface area contributed by atoms with E-state index in [0.717, 1.165) is 25.3 Å². The van der Waals surface area contributed by atoms with Crippen LogP contribution in [0.2, 0.25) is 0 Å². The molecule has 1 N–H and O–H groups in total. The molecule has 108 valence electrons. The molecule has 2 heterocycles. The molecule has 1 atom stereocenters. The van der Waals surface area contributed by atoms with Gasteiger partial charge in [-0.15, -0.1) is 5.10 Å². The number of likely N-dealkylation sites (tertiary alicyclic amines) is 1. The standard InChI is InChI=1S/C14H26N4O/c1-4-7-13-16-17-14(19-13)15-10-12(11(2)3)18-8-5-6-9-18/h11-12H,4-10H2,1-3H3,(H,15,17). The summed E-state index contributed by atoms with van der Waals surface area (Å²) in [5.74, 6) is 1.36. The second kappa shape index (κ2) is 6.89. The molecule has 5 nitrogen and oxygen atoms in total. The summed E-state index contributed by atoms with van der Waals surface area (Å²) in [6.45, 7) is 9.98. The maximum Gasteiger partial charge on any atom is 0.315 e. The van der Waals surface area contributed by atoms with Crippen molar-refractivity contribution in [2.24, 2.45) is 5.92 Å². The Kier molecular flexibility index (Phi) is 5.19. The van der Waals surface area contributed by atoms with Crippen LogP contribution in [0.4, 0.5) is 6.01 Å². The van der Waals surface area contributed by atoms with Gasteiger partial charge < -0.3 is 9.73 Å². The van der Waals surface area contributed by atoms with Gasteiger partial charge in [0.1, 0.15) is 0 Å². The molecule has 1 aliphatic rings. The minimum atomic E-state index is 0.545. The van der Waals surface area contributed by atoms with E-state index in [1.807, 2.05) is 0 Å². The fourth-order valence-corrected chi connectivity index (χ4v) is 2.69. The first kappa shape index (κ1) is 14.3. The lowest BCUT2D eigenvalue weighted by atomic mass is 10.0. The Hall–Kier alpha value is -1.10. The zero-order valence-electron chi connectivity index (χ0n) is 12.4. The van der Waals surface area contributed by atoms with Crippen LogP contribution in [-0.2, 0) is 6.42 Å². The largest absolute Gasteiger partial charge is 0.408 e. The lowest BCUT2D eigenvalue weighted by Crippen LogP contribution is -2.41. The van der Waals surface area contributed by atoms with Gasteiger partial charge in [0.2, 0.25) is 5.89 Å². The predicted molar refractivity (Wildman–Crippen MR) is 76.2 cm³/mol. The van der Waals surface area contributed by atoms with Crippen LogP contribution in [-0.4, -0.2) is 40.8 Å². The third kappa shape index (κ3) is 3.93. The molecule has 1 aliphatic heterocycles. The third-order valence-corrected chi connectivity index (χ3v) is 3.77. The van der Waals surface area contributed by atoms with Crippen molar-refractivity contribution in [3.05, 3.63) is 5.89 Å². The van der Waals surface area contributed by atoms with Gasteiger partial charge in [0.25, 0.3) is 0 Å². The first-order valence-electron chi connectivity index (χ1n) is 7.51. The molecule has 0 bridgehead atoms. The molecule has 0 aromatic carbocycles. The van der Waals surface area contributed by atoms with Crippen LogP contribution >= 0.6 is 0 Å². The summed E-state index contributed by atoms with van der Waals surface area (Å²) in [6.07, 6.45) is 4.54. The van der Waals surface area contributed by atoms with Gasteiger partial charge in [-0.3, -0.25) is 4.90 Å². The van der Waals surface area contributed by atoms with Crippen LogP contribution in [0.1, 0.15) is 45.9 Å². The van der Waals surface area contributed by atoms with Crippen molar-refractivity contribution in [1.82, 2.24) is 15.1 Å². The fraction of sp³-hybridized carbons (Fsp3) is 0.857. The van der Waals surface area contributed by atoms with Crippen molar-refractivity contribution in [2.75, 3.05) is 25.0 Å². The van der Waals surface area contributed by atoms with Crippen molar-refractivity contribution in [3.63, 3.8) is 0 Å². The summed E-state index contributed by atoms with van der Waals surface area (Å²) < 4.78 is 5.56. The lowest BCUT2D eigenvalue weighted by Gasteiger charge is -2.30. The molecule has 2 rings (SSSR count). The number of hydrogen-bond acceptors (Lipinski definition) is 5. The molecule has 1 aromatic heterocycles. The number of nitrogens with zero attached hydrogens (tertiary/aromatic N) is 3. The van der Waals surface area contributed by atoms with E-state index < -0.39 is 0 Å². The van der Waals surface area contributed by atoms with Gasteiger partial charge in [0, 0.05) is 19.0 Å². The average Bonchev–Trinajstić information content (AvgIpc) is 3.01. The van der Waals surface area contributed by atoms with E-state index in [0.29, 0.717) is 18.0 Å². The van der Waals surface area contributed by atoms with Gasteiger partial charge in [-0.05, 0) is 38.3 Å². The Morgan fingerprint density at radius 3 is 2.63 bits per heavy atom. The molecule has 0 spiro atoms. The zero-order chi connectivity index (χ0) is 13.7. The number of hydrogen-bond donors (Lipinski definition) is 1. The molecule has 1 aromatic rings. The van der Waals surface area contributed by atoms with E-state index in [9.17, 15) is 0 Å². The maximum atomic E-state index is 5.56. The Labute approximate surface area is 115 Å². The van der Waals surface area contributed by atoms with E-state index >= 15 is 0 Å². The summed E-state index contributed by atoms with van der Waals surface area (Å²) in [5, 5.41) is 11.4. The van der Waals surface area contributed by atoms with E-state index in [1.165, 1.54) is 25.9 Å². The highest BCUT2D eigenvalue weighted by Gasteiger charge is 2.24. The molecule has 0 aliphatic carbocycles. The number of rotatable bonds is 7. The van der Waals surface area contributed by atoms with Gasteiger partial charge >= 0.3 is 6.01 Å². The number of aryl methyl sites for hydroxylation is 1. The highest BCUT2D eigenvalue weighted by molar-refractivity contribution is 5.17. The molecule has 0 amide bonds. The Bertz CT molecular complexity index is 371. The van der Waals surface area contributed by atoms with Crippen LogP contribution < -0.4 is 5.32 Å². The zero-order valence-corrected chi connectivity index (χ0v) is 12.4. The summed E-state index contributed by atoms with van der Waals surface area (Å²) in [4.78, 5) is 2.57. The normalized spacial score (nSPS) is 18.1. The van der Waals surface area contributed by atoms with Crippen molar-refractivity contribution in [3.8, 4) is 0 Å². The van der Waals surface area contributed by atoms with Gasteiger partial charge in [-0.1, -0.05) is 25.9 Å². The van der Waals surface area contributed by atoms with Crippen LogP contribution in [0, 0.1) is 5.92 Å². The number of aromatic nitrogens is 2. The first-order chi connectivity index (χ1) is 9.20. The average molecular weight is 266 g/mol. The van der Waals surface area contributed by atoms with Crippen molar-refractivity contribution in [1.29, 1.82) is 0 Å². The second-order valence-corrected chi connectivity index (χ2v) is 5.69. The minimum Gasteiger partial charge on any atom is -0.408 e. The van der Waals surface area contributed by atoms with Crippen molar-refractivity contribution in [2.45, 2.75) is 52.5 Å². The van der Waals surface area contributed by atoms with Gasteiger partial charge in [0.15, 0.2) is 0 Å². The lowest BCUT2D eigenvalue weighted by molar-refractivity contribution is 0.200. The van der Waals surface area contributed by atoms with Crippen molar-refractivity contribution < 1.29 is 4.42 Å². The topological polar surface area (TPSA) is 54.2 Å². The predicted octanol–water partition coefficient (Wildman–Crippen LogP) is 2.55. The third-order valence-electron chi connectivity index (χ3n) is 3.77. The summed E-state index contributed by atoms with van der Waals surface area (Å²) >= 11 is 0. The van der Waals surface area contributed by atoms with Gasteiger partial charge in [-0.25, -0.2) is 0 Å². The Balaban J connectivity index is 1.86. The SMILES string of the molecule is CCCc1nnc(NCC(C(C)C)N2CCCC2)o1. The number of anilines is 1. The summed E-state index contributed by atoms with van der Waals surface area (Å²) in [6, 6.07) is 1.11. The van der Waals surface area contributed by atoms with E-state index in [-0.39, 0.29) is 0 Å². The molecular formula is C14H26N4O. The quantitative estimate of drug-likeness (QED) is 0.822. The second-order valence-electron chi connectivity index (χ2n) is 5.69. The van der Waals surface area contributed by atoms with Crippen LogP contribution in [0.25, 0.3) is 0 Å². The van der Waals surface area contributed by atoms with Crippen molar-refractivity contribution >= 4 is 6.01 Å². The van der Waals surface area contributed by atoms with E-state index in [2.05, 4.69) is 41.2 Å². The molecule has 1 fully saturated rings. The monoisotopic (exact) mass is 266 g/mol. The molecule has 19 heavy (non-hydrogen) atoms. The maximum absolute atomic E-state index is 5.56. The summed E-state index contributed by atoms with van der Waals surface area (Å²) in [5.41, 5.74) is 0. The number of nitrogens with one attached hydrogen (secondary N) is 1. The van der Waals surface area contributed by atoms with Crippen LogP contribution in [0.5, 0.6) is 0 Å². The molecule has 1 unspecified atom stereocenters. The molecule has 0 saturated carbocycles. The molecule has 0 radical (unpaired) electrons. The first-order valence-corrected chi connectivity index (χ1v) is 7.51. The highest BCUT2D eigenvalue weighted by atomic mass is 16.4. The van der Waals surface area contributed by atoms with Crippen LogP contribution in [0.3, 0.4) is 0 Å². The van der Waals surface area contributed by atoms with Crippen LogP contribution in [0.15, 0.2) is 4.42 Å². The molecule has 5 heteroatoms. The molecular weight excluding hydrogens is 240 g/mol. The summed E-state index contributed by atoms with van der Waals surface area (Å²) in [7, 11) is 0. The van der Waals surface area contributed by atoms with Gasteiger partial charge in [-0.2, -0.15) is 0 Å². The Morgan fingerprint density at radius 2 is 2.00 bits per heavy atom. The highest BCUT2D eigenvalue weighted by Crippen LogP contribution is 2.18. The fourth-order valence-electron chi connectivity index (χ4n) is 2.69. The van der Waals surface area contributed by atoms with E-state index in [1.54, 1.807) is 0 Å². The smallest absolute Gasteiger partial charge is 0.315 e.